The molecule has 1 atom stereocenters. The van der Waals surface area contributed by atoms with Gasteiger partial charge in [-0.05, 0) is 43.7 Å². The van der Waals surface area contributed by atoms with Gasteiger partial charge in [-0.1, -0.05) is 12.1 Å². The van der Waals surface area contributed by atoms with E-state index in [4.69, 9.17) is 0 Å². The third kappa shape index (κ3) is 3.02. The summed E-state index contributed by atoms with van der Waals surface area (Å²) in [5.41, 5.74) is 2.04. The van der Waals surface area contributed by atoms with Crippen LogP contribution in [0.25, 0.3) is 0 Å². The molecule has 3 rings (SSSR count). The van der Waals surface area contributed by atoms with E-state index in [1.165, 1.54) is 6.07 Å². The SMILES string of the molecule is Cc1ccnc(C2CCN(Cc3cccc(F)c3)C2)n1. The summed E-state index contributed by atoms with van der Waals surface area (Å²) in [6, 6.07) is 8.75. The second-order valence-corrected chi connectivity index (χ2v) is 5.41. The first-order valence-electron chi connectivity index (χ1n) is 6.97. The molecule has 20 heavy (non-hydrogen) atoms. The molecule has 1 aliphatic rings. The lowest BCUT2D eigenvalue weighted by Crippen LogP contribution is -2.20. The van der Waals surface area contributed by atoms with Gasteiger partial charge in [0.25, 0.3) is 0 Å². The highest BCUT2D eigenvalue weighted by molar-refractivity contribution is 5.16. The maximum atomic E-state index is 13.2. The molecule has 0 bridgehead atoms. The highest BCUT2D eigenvalue weighted by Gasteiger charge is 2.25. The zero-order valence-corrected chi connectivity index (χ0v) is 11.6. The summed E-state index contributed by atoms with van der Waals surface area (Å²) >= 11 is 0. The summed E-state index contributed by atoms with van der Waals surface area (Å²) in [6.45, 7) is 4.74. The summed E-state index contributed by atoms with van der Waals surface area (Å²) in [5.74, 6) is 1.16. The predicted octanol–water partition coefficient (Wildman–Crippen LogP) is 2.91. The molecule has 0 saturated carbocycles. The average Bonchev–Trinajstić information content (AvgIpc) is 2.87. The molecule has 0 spiro atoms. The van der Waals surface area contributed by atoms with Crippen molar-refractivity contribution >= 4 is 0 Å². The molecule has 1 fully saturated rings. The number of aryl methyl sites for hydroxylation is 1. The minimum Gasteiger partial charge on any atom is -0.298 e. The van der Waals surface area contributed by atoms with Crippen LogP contribution < -0.4 is 0 Å². The van der Waals surface area contributed by atoms with Gasteiger partial charge in [0.1, 0.15) is 11.6 Å². The molecule has 2 aromatic rings. The Morgan fingerprint density at radius 2 is 2.25 bits per heavy atom. The van der Waals surface area contributed by atoms with Crippen LogP contribution >= 0.6 is 0 Å². The van der Waals surface area contributed by atoms with Crippen molar-refractivity contribution in [3.8, 4) is 0 Å². The quantitative estimate of drug-likeness (QED) is 0.859. The summed E-state index contributed by atoms with van der Waals surface area (Å²) in [6.07, 6.45) is 2.89. The number of rotatable bonds is 3. The Balaban J connectivity index is 1.65. The first-order chi connectivity index (χ1) is 9.70. The van der Waals surface area contributed by atoms with Crippen molar-refractivity contribution in [2.24, 2.45) is 0 Å². The molecule has 0 radical (unpaired) electrons. The largest absolute Gasteiger partial charge is 0.298 e. The van der Waals surface area contributed by atoms with Crippen molar-refractivity contribution < 1.29 is 4.39 Å². The fourth-order valence-electron chi connectivity index (χ4n) is 2.75. The van der Waals surface area contributed by atoms with Crippen LogP contribution in [0.5, 0.6) is 0 Å². The molecule has 1 unspecified atom stereocenters. The maximum Gasteiger partial charge on any atom is 0.132 e. The number of halogens is 1. The molecule has 1 aromatic heterocycles. The van der Waals surface area contributed by atoms with Crippen LogP contribution in [0, 0.1) is 12.7 Å². The van der Waals surface area contributed by atoms with Crippen LogP contribution in [0.15, 0.2) is 36.5 Å². The highest BCUT2D eigenvalue weighted by atomic mass is 19.1. The number of hydrogen-bond acceptors (Lipinski definition) is 3. The lowest BCUT2D eigenvalue weighted by Gasteiger charge is -2.15. The lowest BCUT2D eigenvalue weighted by atomic mass is 10.1. The molecule has 1 saturated heterocycles. The average molecular weight is 271 g/mol. The van der Waals surface area contributed by atoms with Crippen LogP contribution in [-0.2, 0) is 6.54 Å². The fraction of sp³-hybridized carbons (Fsp3) is 0.375. The molecule has 2 heterocycles. The molecule has 104 valence electrons. The minimum absolute atomic E-state index is 0.166. The van der Waals surface area contributed by atoms with Crippen molar-refractivity contribution in [2.75, 3.05) is 13.1 Å². The topological polar surface area (TPSA) is 29.0 Å². The summed E-state index contributed by atoms with van der Waals surface area (Å²) in [7, 11) is 0. The van der Waals surface area contributed by atoms with Crippen molar-refractivity contribution in [1.82, 2.24) is 14.9 Å². The fourth-order valence-corrected chi connectivity index (χ4v) is 2.75. The molecule has 0 aliphatic carbocycles. The van der Waals surface area contributed by atoms with E-state index in [1.807, 2.05) is 25.3 Å². The van der Waals surface area contributed by atoms with E-state index in [0.29, 0.717) is 5.92 Å². The Bertz CT molecular complexity index is 600. The van der Waals surface area contributed by atoms with Crippen LogP contribution in [0.2, 0.25) is 0 Å². The van der Waals surface area contributed by atoms with Gasteiger partial charge in [-0.3, -0.25) is 4.90 Å². The minimum atomic E-state index is -0.166. The third-order valence-corrected chi connectivity index (χ3v) is 3.75. The smallest absolute Gasteiger partial charge is 0.132 e. The third-order valence-electron chi connectivity index (χ3n) is 3.75. The zero-order valence-electron chi connectivity index (χ0n) is 11.6. The van der Waals surface area contributed by atoms with E-state index in [-0.39, 0.29) is 5.82 Å². The van der Waals surface area contributed by atoms with Gasteiger partial charge in [0.2, 0.25) is 0 Å². The Morgan fingerprint density at radius 1 is 1.35 bits per heavy atom. The van der Waals surface area contributed by atoms with E-state index in [1.54, 1.807) is 12.1 Å². The molecule has 0 amide bonds. The molecule has 3 nitrogen and oxygen atoms in total. The Morgan fingerprint density at radius 3 is 3.05 bits per heavy atom. The second kappa shape index (κ2) is 5.67. The van der Waals surface area contributed by atoms with Gasteiger partial charge in [0.15, 0.2) is 0 Å². The van der Waals surface area contributed by atoms with Crippen LogP contribution in [0.4, 0.5) is 4.39 Å². The number of hydrogen-bond donors (Lipinski definition) is 0. The molecule has 0 N–H and O–H groups in total. The predicted molar refractivity (Wildman–Crippen MR) is 75.8 cm³/mol. The standard InChI is InChI=1S/C16H18FN3/c1-12-5-7-18-16(19-12)14-6-8-20(11-14)10-13-3-2-4-15(17)9-13/h2-5,7,9,14H,6,8,10-11H2,1H3. The number of nitrogens with zero attached hydrogens (tertiary/aromatic N) is 3. The van der Waals surface area contributed by atoms with Gasteiger partial charge in [-0.15, -0.1) is 0 Å². The number of benzene rings is 1. The second-order valence-electron chi connectivity index (χ2n) is 5.41. The lowest BCUT2D eigenvalue weighted by molar-refractivity contribution is 0.325. The maximum absolute atomic E-state index is 13.2. The Hall–Kier alpha value is -1.81. The summed E-state index contributed by atoms with van der Waals surface area (Å²) in [5, 5.41) is 0. The Kier molecular flexibility index (Phi) is 3.74. The number of likely N-dealkylation sites (tertiary alicyclic amines) is 1. The Labute approximate surface area is 118 Å². The molecule has 1 aromatic carbocycles. The van der Waals surface area contributed by atoms with Gasteiger partial charge in [0, 0.05) is 30.9 Å². The van der Waals surface area contributed by atoms with Crippen molar-refractivity contribution in [3.63, 3.8) is 0 Å². The van der Waals surface area contributed by atoms with Gasteiger partial charge in [-0.25, -0.2) is 14.4 Å². The van der Waals surface area contributed by atoms with Crippen LogP contribution in [0.3, 0.4) is 0 Å². The van der Waals surface area contributed by atoms with E-state index < -0.39 is 0 Å². The van der Waals surface area contributed by atoms with Gasteiger partial charge >= 0.3 is 0 Å². The van der Waals surface area contributed by atoms with Crippen LogP contribution in [-0.4, -0.2) is 28.0 Å². The van der Waals surface area contributed by atoms with E-state index in [2.05, 4.69) is 14.9 Å². The molecule has 4 heteroatoms. The van der Waals surface area contributed by atoms with Crippen molar-refractivity contribution in [2.45, 2.75) is 25.8 Å². The highest BCUT2D eigenvalue weighted by Crippen LogP contribution is 2.25. The van der Waals surface area contributed by atoms with Gasteiger partial charge in [-0.2, -0.15) is 0 Å². The molecule has 1 aliphatic heterocycles. The normalized spacial score (nSPS) is 19.4. The van der Waals surface area contributed by atoms with Crippen LogP contribution in [0.1, 0.15) is 29.4 Å². The zero-order chi connectivity index (χ0) is 13.9. The summed E-state index contributed by atoms with van der Waals surface area (Å²) in [4.78, 5) is 11.2. The van der Waals surface area contributed by atoms with E-state index >= 15 is 0 Å². The van der Waals surface area contributed by atoms with E-state index in [0.717, 1.165) is 43.1 Å². The first kappa shape index (κ1) is 13.2. The monoisotopic (exact) mass is 271 g/mol. The first-order valence-corrected chi connectivity index (χ1v) is 6.97. The van der Waals surface area contributed by atoms with Gasteiger partial charge in [0.05, 0.1) is 0 Å². The molecular formula is C16H18FN3. The van der Waals surface area contributed by atoms with E-state index in [9.17, 15) is 4.39 Å². The van der Waals surface area contributed by atoms with Crippen molar-refractivity contribution in [3.05, 3.63) is 59.4 Å². The molecular weight excluding hydrogens is 253 g/mol. The van der Waals surface area contributed by atoms with Crippen molar-refractivity contribution in [1.29, 1.82) is 0 Å². The number of aromatic nitrogens is 2. The summed E-state index contributed by atoms with van der Waals surface area (Å²) < 4.78 is 13.2. The van der Waals surface area contributed by atoms with Gasteiger partial charge < -0.3 is 0 Å².